The number of carbonyl (C=O) groups excluding carboxylic acids is 1. The topological polar surface area (TPSA) is 42.0 Å². The second kappa shape index (κ2) is 6.01. The van der Waals surface area contributed by atoms with Crippen LogP contribution in [0.2, 0.25) is 0 Å². The monoisotopic (exact) mass is 380 g/mol. The minimum atomic E-state index is -5.00. The third-order valence-corrected chi connectivity index (χ3v) is 4.74. The predicted octanol–water partition coefficient (Wildman–Crippen LogP) is 4.92. The van der Waals surface area contributed by atoms with Gasteiger partial charge in [-0.2, -0.15) is 26.3 Å². The van der Waals surface area contributed by atoms with Crippen LogP contribution in [0.5, 0.6) is 0 Å². The van der Waals surface area contributed by atoms with E-state index in [-0.39, 0.29) is 11.2 Å². The van der Waals surface area contributed by atoms with Crippen molar-refractivity contribution in [1.82, 2.24) is 4.98 Å². The summed E-state index contributed by atoms with van der Waals surface area (Å²) in [4.78, 5) is 17.2. The Morgan fingerprint density at radius 1 is 1.00 bits per heavy atom. The number of hydrogen-bond donors (Lipinski definition) is 1. The molecule has 0 saturated carbocycles. The third kappa shape index (κ3) is 3.78. The second-order valence-corrected chi connectivity index (χ2v) is 6.57. The fraction of sp³-hybridized carbons (Fsp3) is 0.333. The molecule has 0 atom stereocenters. The van der Waals surface area contributed by atoms with E-state index in [0.29, 0.717) is 12.1 Å². The lowest BCUT2D eigenvalue weighted by atomic mass is 10.0. The molecule has 1 aromatic heterocycles. The maximum absolute atomic E-state index is 12.8. The van der Waals surface area contributed by atoms with Gasteiger partial charge in [0.15, 0.2) is 5.13 Å². The van der Waals surface area contributed by atoms with Crippen LogP contribution < -0.4 is 5.32 Å². The van der Waals surface area contributed by atoms with E-state index in [1.165, 1.54) is 11.3 Å². The van der Waals surface area contributed by atoms with Gasteiger partial charge in [-0.1, -0.05) is 0 Å². The Bertz CT molecular complexity index is 771. The number of thiazole rings is 1. The van der Waals surface area contributed by atoms with Crippen LogP contribution in [0.15, 0.2) is 18.2 Å². The molecular formula is C15H10F6N2OS. The molecule has 0 fully saturated rings. The quantitative estimate of drug-likeness (QED) is 0.752. The Labute approximate surface area is 141 Å². The Morgan fingerprint density at radius 3 is 2.12 bits per heavy atom. The van der Waals surface area contributed by atoms with E-state index >= 15 is 0 Å². The maximum atomic E-state index is 12.8. The van der Waals surface area contributed by atoms with Crippen molar-refractivity contribution in [3.8, 4) is 0 Å². The van der Waals surface area contributed by atoms with Gasteiger partial charge in [-0.05, 0) is 37.5 Å². The van der Waals surface area contributed by atoms with Gasteiger partial charge in [-0.15, -0.1) is 11.3 Å². The normalized spacial score (nSPS) is 14.5. The Morgan fingerprint density at radius 2 is 1.60 bits per heavy atom. The molecule has 0 aliphatic heterocycles. The average Bonchev–Trinajstić information content (AvgIpc) is 3.06. The van der Waals surface area contributed by atoms with Crippen LogP contribution >= 0.6 is 11.3 Å². The van der Waals surface area contributed by atoms with Gasteiger partial charge in [0.2, 0.25) is 0 Å². The molecule has 2 aromatic rings. The van der Waals surface area contributed by atoms with Crippen molar-refractivity contribution < 1.29 is 31.1 Å². The zero-order valence-electron chi connectivity index (χ0n) is 12.4. The molecule has 1 aliphatic rings. The number of rotatable bonds is 2. The van der Waals surface area contributed by atoms with Crippen molar-refractivity contribution in [2.24, 2.45) is 0 Å². The number of anilines is 1. The van der Waals surface area contributed by atoms with Crippen LogP contribution in [0, 0.1) is 0 Å². The second-order valence-electron chi connectivity index (χ2n) is 5.49. The van der Waals surface area contributed by atoms with Crippen LogP contribution in [0.4, 0.5) is 31.5 Å². The summed E-state index contributed by atoms with van der Waals surface area (Å²) in [6, 6.07) is 0.770. The highest BCUT2D eigenvalue weighted by Gasteiger charge is 2.37. The van der Waals surface area contributed by atoms with E-state index in [0.717, 1.165) is 29.8 Å². The van der Waals surface area contributed by atoms with Crippen LogP contribution in [0.1, 0.15) is 38.5 Å². The largest absolute Gasteiger partial charge is 0.416 e. The van der Waals surface area contributed by atoms with E-state index in [1.54, 1.807) is 0 Å². The van der Waals surface area contributed by atoms with Gasteiger partial charge in [0.1, 0.15) is 0 Å². The molecule has 1 aliphatic carbocycles. The molecular weight excluding hydrogens is 370 g/mol. The summed E-state index contributed by atoms with van der Waals surface area (Å²) in [7, 11) is 0. The summed E-state index contributed by atoms with van der Waals surface area (Å²) < 4.78 is 77.0. The number of halogens is 6. The molecule has 25 heavy (non-hydrogen) atoms. The molecule has 0 radical (unpaired) electrons. The van der Waals surface area contributed by atoms with E-state index in [4.69, 9.17) is 0 Å². The number of nitrogens with one attached hydrogen (secondary N) is 1. The van der Waals surface area contributed by atoms with E-state index in [2.05, 4.69) is 10.3 Å². The highest BCUT2D eigenvalue weighted by Crippen LogP contribution is 2.37. The molecule has 0 bridgehead atoms. The lowest BCUT2D eigenvalue weighted by Crippen LogP contribution is -2.17. The SMILES string of the molecule is O=C(Nc1nc2c(s1)CCC2)c1cc(C(F)(F)F)cc(C(F)(F)F)c1. The van der Waals surface area contributed by atoms with Gasteiger partial charge >= 0.3 is 12.4 Å². The number of alkyl halides is 6. The molecule has 1 heterocycles. The van der Waals surface area contributed by atoms with Crippen molar-refractivity contribution in [3.05, 3.63) is 45.5 Å². The molecule has 134 valence electrons. The summed E-state index contributed by atoms with van der Waals surface area (Å²) >= 11 is 1.18. The van der Waals surface area contributed by atoms with Crippen LogP contribution in [0.3, 0.4) is 0 Å². The Hall–Kier alpha value is -2.10. The summed E-state index contributed by atoms with van der Waals surface area (Å²) in [5.74, 6) is -1.07. The molecule has 0 unspecified atom stereocenters. The average molecular weight is 380 g/mol. The molecule has 1 aromatic carbocycles. The van der Waals surface area contributed by atoms with Crippen LogP contribution in [-0.2, 0) is 25.2 Å². The first-order valence-corrected chi connectivity index (χ1v) is 7.95. The molecule has 0 saturated heterocycles. The van der Waals surface area contributed by atoms with Crippen molar-refractivity contribution in [3.63, 3.8) is 0 Å². The lowest BCUT2D eigenvalue weighted by molar-refractivity contribution is -0.143. The molecule has 1 N–H and O–H groups in total. The molecule has 1 amide bonds. The van der Waals surface area contributed by atoms with Gasteiger partial charge in [0.05, 0.1) is 16.8 Å². The van der Waals surface area contributed by atoms with Crippen molar-refractivity contribution in [1.29, 1.82) is 0 Å². The number of fused-ring (bicyclic) bond motifs is 1. The number of aromatic nitrogens is 1. The van der Waals surface area contributed by atoms with Crippen molar-refractivity contribution >= 4 is 22.4 Å². The highest BCUT2D eigenvalue weighted by atomic mass is 32.1. The smallest absolute Gasteiger partial charge is 0.298 e. The minimum Gasteiger partial charge on any atom is -0.298 e. The zero-order chi connectivity index (χ0) is 18.4. The van der Waals surface area contributed by atoms with Gasteiger partial charge < -0.3 is 0 Å². The molecule has 3 rings (SSSR count). The van der Waals surface area contributed by atoms with Gasteiger partial charge in [0.25, 0.3) is 5.91 Å². The minimum absolute atomic E-state index is 0.0191. The van der Waals surface area contributed by atoms with Gasteiger partial charge in [-0.25, -0.2) is 4.98 Å². The first kappa shape index (κ1) is 17.7. The highest BCUT2D eigenvalue weighted by molar-refractivity contribution is 7.16. The number of nitrogens with zero attached hydrogens (tertiary/aromatic N) is 1. The number of benzene rings is 1. The van der Waals surface area contributed by atoms with Crippen molar-refractivity contribution in [2.45, 2.75) is 31.6 Å². The standard InChI is InChI=1S/C15H10F6N2OS/c16-14(17,18)8-4-7(5-9(6-8)15(19,20)21)12(24)23-13-22-10-2-1-3-11(10)25-13/h4-6H,1-3H2,(H,22,23,24). The van der Waals surface area contributed by atoms with E-state index in [1.807, 2.05) is 0 Å². The Balaban J connectivity index is 1.92. The number of amides is 1. The fourth-order valence-corrected chi connectivity index (χ4v) is 3.54. The third-order valence-electron chi connectivity index (χ3n) is 3.67. The molecule has 10 heteroatoms. The zero-order valence-corrected chi connectivity index (χ0v) is 13.2. The fourth-order valence-electron chi connectivity index (χ4n) is 2.50. The maximum Gasteiger partial charge on any atom is 0.416 e. The predicted molar refractivity (Wildman–Crippen MR) is 78.5 cm³/mol. The van der Waals surface area contributed by atoms with E-state index in [9.17, 15) is 31.1 Å². The van der Waals surface area contributed by atoms with Gasteiger partial charge in [0, 0.05) is 10.4 Å². The van der Waals surface area contributed by atoms with E-state index < -0.39 is 35.0 Å². The lowest BCUT2D eigenvalue weighted by Gasteiger charge is -2.13. The number of hydrogen-bond acceptors (Lipinski definition) is 3. The van der Waals surface area contributed by atoms with Gasteiger partial charge in [-0.3, -0.25) is 10.1 Å². The molecule has 3 nitrogen and oxygen atoms in total. The molecule has 0 spiro atoms. The summed E-state index contributed by atoms with van der Waals surface area (Å²) in [5.41, 5.74) is -2.99. The summed E-state index contributed by atoms with van der Waals surface area (Å²) in [6.45, 7) is 0. The summed E-state index contributed by atoms with van der Waals surface area (Å²) in [6.07, 6.45) is -7.53. The number of carbonyl (C=O) groups is 1. The first-order valence-electron chi connectivity index (χ1n) is 7.13. The Kier molecular flexibility index (Phi) is 4.26. The van der Waals surface area contributed by atoms with Crippen LogP contribution in [0.25, 0.3) is 0 Å². The summed E-state index contributed by atoms with van der Waals surface area (Å²) in [5, 5.41) is 2.45. The number of aryl methyl sites for hydroxylation is 2. The first-order chi connectivity index (χ1) is 11.5. The van der Waals surface area contributed by atoms with Crippen LogP contribution in [-0.4, -0.2) is 10.9 Å². The van der Waals surface area contributed by atoms with Crippen molar-refractivity contribution in [2.75, 3.05) is 5.32 Å².